The van der Waals surface area contributed by atoms with E-state index in [1.807, 2.05) is 47.8 Å². The Morgan fingerprint density at radius 1 is 0.889 bits per heavy atom. The number of aromatic nitrogens is 3. The topological polar surface area (TPSA) is 81.8 Å². The maximum atomic E-state index is 11.4. The van der Waals surface area contributed by atoms with Crippen molar-refractivity contribution < 1.29 is 4.79 Å². The van der Waals surface area contributed by atoms with E-state index in [9.17, 15) is 4.79 Å². The zero-order valence-corrected chi connectivity index (χ0v) is 15.2. The van der Waals surface area contributed by atoms with Crippen molar-refractivity contribution in [1.29, 1.82) is 0 Å². The lowest BCUT2D eigenvalue weighted by molar-refractivity contribution is -0.117. The minimum atomic E-state index is -0.353. The van der Waals surface area contributed by atoms with Gasteiger partial charge in [0.15, 0.2) is 0 Å². The van der Waals surface area contributed by atoms with Crippen LogP contribution in [0.25, 0.3) is 33.0 Å². The zero-order valence-electron chi connectivity index (χ0n) is 14.4. The van der Waals surface area contributed by atoms with E-state index in [4.69, 9.17) is 10.7 Å². The summed E-state index contributed by atoms with van der Waals surface area (Å²) in [5.41, 5.74) is 11.2. The lowest BCUT2D eigenvalue weighted by Crippen LogP contribution is -2.13. The summed E-state index contributed by atoms with van der Waals surface area (Å²) in [7, 11) is 0. The van der Waals surface area contributed by atoms with Gasteiger partial charge < -0.3 is 5.73 Å². The van der Waals surface area contributed by atoms with Crippen molar-refractivity contribution >= 4 is 17.2 Å². The third-order valence-corrected chi connectivity index (χ3v) is 5.04. The molecule has 0 saturated carbocycles. The molecule has 0 bridgehead atoms. The van der Waals surface area contributed by atoms with Gasteiger partial charge in [-0.2, -0.15) is 0 Å². The van der Waals surface area contributed by atoms with Gasteiger partial charge in [0, 0.05) is 41.3 Å². The molecule has 2 N–H and O–H groups in total. The number of pyridine rings is 2. The third-order valence-electron chi connectivity index (χ3n) is 4.16. The summed E-state index contributed by atoms with van der Waals surface area (Å²) >= 11 is 1.57. The molecule has 0 aliphatic heterocycles. The van der Waals surface area contributed by atoms with Crippen LogP contribution in [0.2, 0.25) is 0 Å². The molecule has 0 spiro atoms. The molecule has 0 fully saturated rings. The second-order valence-corrected chi connectivity index (χ2v) is 6.89. The van der Waals surface area contributed by atoms with Crippen molar-refractivity contribution in [2.75, 3.05) is 0 Å². The molecule has 0 radical (unpaired) electrons. The molecular weight excluding hydrogens is 356 g/mol. The molecule has 4 aromatic rings. The fourth-order valence-corrected chi connectivity index (χ4v) is 3.77. The van der Waals surface area contributed by atoms with Crippen molar-refractivity contribution in [3.05, 3.63) is 78.2 Å². The highest BCUT2D eigenvalue weighted by Crippen LogP contribution is 2.36. The summed E-state index contributed by atoms with van der Waals surface area (Å²) < 4.78 is 0. The summed E-state index contributed by atoms with van der Waals surface area (Å²) in [6, 6.07) is 13.7. The number of nitrogens with zero attached hydrogens (tertiary/aromatic N) is 3. The molecule has 0 aliphatic rings. The Labute approximate surface area is 160 Å². The van der Waals surface area contributed by atoms with Crippen molar-refractivity contribution in [2.24, 2.45) is 5.73 Å². The number of rotatable bonds is 5. The maximum absolute atomic E-state index is 11.4. The summed E-state index contributed by atoms with van der Waals surface area (Å²) in [4.78, 5) is 24.3. The van der Waals surface area contributed by atoms with Gasteiger partial charge in [-0.1, -0.05) is 12.1 Å². The van der Waals surface area contributed by atoms with Crippen LogP contribution in [0.15, 0.2) is 72.6 Å². The van der Waals surface area contributed by atoms with Crippen LogP contribution >= 0.6 is 11.3 Å². The summed E-state index contributed by atoms with van der Waals surface area (Å²) in [6.07, 6.45) is 7.24. The minimum Gasteiger partial charge on any atom is -0.369 e. The Hall–Kier alpha value is -3.38. The fourth-order valence-electron chi connectivity index (χ4n) is 2.92. The monoisotopic (exact) mass is 372 g/mol. The molecule has 5 nitrogen and oxygen atoms in total. The van der Waals surface area contributed by atoms with Crippen LogP contribution in [0.1, 0.15) is 5.56 Å². The van der Waals surface area contributed by atoms with Gasteiger partial charge in [-0.3, -0.25) is 14.8 Å². The van der Waals surface area contributed by atoms with Gasteiger partial charge in [-0.15, -0.1) is 11.3 Å². The van der Waals surface area contributed by atoms with Gasteiger partial charge in [-0.05, 0) is 47.0 Å². The Balaban J connectivity index is 1.82. The van der Waals surface area contributed by atoms with Gasteiger partial charge in [0.05, 0.1) is 12.1 Å². The number of thiazole rings is 1. The molecule has 0 unspecified atom stereocenters. The first-order valence-corrected chi connectivity index (χ1v) is 9.26. The number of amides is 1. The normalized spacial score (nSPS) is 10.7. The number of hydrogen-bond acceptors (Lipinski definition) is 5. The first-order valence-electron chi connectivity index (χ1n) is 8.38. The van der Waals surface area contributed by atoms with Crippen molar-refractivity contribution in [3.63, 3.8) is 0 Å². The molecular formula is C21H16N4OS. The molecule has 0 atom stereocenters. The predicted molar refractivity (Wildman–Crippen MR) is 107 cm³/mol. The number of benzene rings is 1. The number of primary amides is 1. The lowest BCUT2D eigenvalue weighted by Gasteiger charge is -2.10. The summed E-state index contributed by atoms with van der Waals surface area (Å²) in [5.74, 6) is -0.353. The predicted octanol–water partition coefficient (Wildman–Crippen LogP) is 3.96. The van der Waals surface area contributed by atoms with Crippen molar-refractivity contribution in [1.82, 2.24) is 15.0 Å². The smallest absolute Gasteiger partial charge is 0.221 e. The fraction of sp³-hybridized carbons (Fsp3) is 0.0476. The van der Waals surface area contributed by atoms with E-state index < -0.39 is 0 Å². The molecule has 0 aliphatic carbocycles. The first kappa shape index (κ1) is 17.1. The molecule has 4 rings (SSSR count). The molecule has 27 heavy (non-hydrogen) atoms. The molecule has 6 heteroatoms. The third kappa shape index (κ3) is 3.75. The zero-order chi connectivity index (χ0) is 18.6. The van der Waals surface area contributed by atoms with E-state index in [1.54, 1.807) is 36.1 Å². The first-order chi connectivity index (χ1) is 13.2. The average molecular weight is 372 g/mol. The summed E-state index contributed by atoms with van der Waals surface area (Å²) in [6.45, 7) is 0. The number of hydrogen-bond donors (Lipinski definition) is 1. The van der Waals surface area contributed by atoms with Crippen LogP contribution in [0.5, 0.6) is 0 Å². The Kier molecular flexibility index (Phi) is 4.72. The number of carbonyl (C=O) groups is 1. The van der Waals surface area contributed by atoms with Gasteiger partial charge in [0.25, 0.3) is 0 Å². The van der Waals surface area contributed by atoms with Crippen molar-refractivity contribution in [3.8, 4) is 33.0 Å². The van der Waals surface area contributed by atoms with Crippen LogP contribution in [0, 0.1) is 0 Å². The highest BCUT2D eigenvalue weighted by atomic mass is 32.1. The Morgan fingerprint density at radius 2 is 1.56 bits per heavy atom. The van der Waals surface area contributed by atoms with Gasteiger partial charge in [-0.25, -0.2) is 4.98 Å². The average Bonchev–Trinajstić information content (AvgIpc) is 3.19. The van der Waals surface area contributed by atoms with E-state index in [0.29, 0.717) is 0 Å². The summed E-state index contributed by atoms with van der Waals surface area (Å²) in [5, 5.41) is 2.92. The van der Waals surface area contributed by atoms with Gasteiger partial charge in [0.2, 0.25) is 5.91 Å². The molecule has 132 valence electrons. The van der Waals surface area contributed by atoms with E-state index in [0.717, 1.165) is 38.5 Å². The van der Waals surface area contributed by atoms with Gasteiger partial charge >= 0.3 is 0 Å². The van der Waals surface area contributed by atoms with E-state index >= 15 is 0 Å². The maximum Gasteiger partial charge on any atom is 0.221 e. The molecule has 3 heterocycles. The minimum absolute atomic E-state index is 0.201. The van der Waals surface area contributed by atoms with Crippen LogP contribution in [0.4, 0.5) is 0 Å². The number of carbonyl (C=O) groups excluding carboxylic acids is 1. The van der Waals surface area contributed by atoms with Crippen LogP contribution in [-0.2, 0) is 11.2 Å². The van der Waals surface area contributed by atoms with Crippen molar-refractivity contribution in [2.45, 2.75) is 6.42 Å². The van der Waals surface area contributed by atoms with E-state index in [1.165, 1.54) is 0 Å². The largest absolute Gasteiger partial charge is 0.369 e. The van der Waals surface area contributed by atoms with Crippen LogP contribution in [-0.4, -0.2) is 20.9 Å². The highest BCUT2D eigenvalue weighted by molar-refractivity contribution is 7.13. The second kappa shape index (κ2) is 7.47. The molecule has 1 amide bonds. The van der Waals surface area contributed by atoms with E-state index in [-0.39, 0.29) is 12.3 Å². The molecule has 3 aromatic heterocycles. The lowest BCUT2D eigenvalue weighted by atomic mass is 9.97. The second-order valence-electron chi connectivity index (χ2n) is 6.03. The SMILES string of the molecule is NC(=O)Cc1ccc(-c2ccncc2)c(-c2nc(-c3ccncc3)cs2)c1. The van der Waals surface area contributed by atoms with Gasteiger partial charge in [0.1, 0.15) is 5.01 Å². The highest BCUT2D eigenvalue weighted by Gasteiger charge is 2.14. The van der Waals surface area contributed by atoms with E-state index in [2.05, 4.69) is 9.97 Å². The van der Waals surface area contributed by atoms with Crippen LogP contribution in [0.3, 0.4) is 0 Å². The Bertz CT molecular complexity index is 1080. The standard InChI is InChI=1S/C21H16N4OS/c22-20(26)12-14-1-2-17(15-3-7-23-8-4-15)18(11-14)21-25-19(13-27-21)16-5-9-24-10-6-16/h1-11,13H,12H2,(H2,22,26). The Morgan fingerprint density at radius 3 is 2.22 bits per heavy atom. The van der Waals surface area contributed by atoms with Crippen LogP contribution < -0.4 is 5.73 Å². The quantitative estimate of drug-likeness (QED) is 0.575. The molecule has 0 saturated heterocycles. The molecule has 1 aromatic carbocycles. The number of nitrogens with two attached hydrogens (primary N) is 1.